The van der Waals surface area contributed by atoms with Crippen molar-refractivity contribution < 1.29 is 9.47 Å². The highest BCUT2D eigenvalue weighted by molar-refractivity contribution is 6.33. The summed E-state index contributed by atoms with van der Waals surface area (Å²) < 4.78 is 13.2. The Bertz CT molecular complexity index is 673. The molecule has 23 heavy (non-hydrogen) atoms. The topological polar surface area (TPSA) is 75.2 Å². The number of pyridine rings is 1. The maximum absolute atomic E-state index is 6.10. The van der Waals surface area contributed by atoms with Gasteiger partial charge in [-0.2, -0.15) is 5.10 Å². The van der Waals surface area contributed by atoms with Gasteiger partial charge in [-0.05, 0) is 25.0 Å². The molecule has 6 nitrogen and oxygen atoms in total. The van der Waals surface area contributed by atoms with Gasteiger partial charge in [0.2, 0.25) is 0 Å². The summed E-state index contributed by atoms with van der Waals surface area (Å²) in [7, 11) is 0. The van der Waals surface area contributed by atoms with Crippen LogP contribution in [0.2, 0.25) is 5.02 Å². The molecule has 0 aliphatic carbocycles. The summed E-state index contributed by atoms with van der Waals surface area (Å²) in [6, 6.07) is 4.23. The number of nitrogens with two attached hydrogens (primary N) is 1. The molecule has 0 radical (unpaired) electrons. The molecule has 4 rings (SSSR count). The predicted molar refractivity (Wildman–Crippen MR) is 87.5 cm³/mol. The maximum atomic E-state index is 6.10. The third-order valence-corrected chi connectivity index (χ3v) is 4.83. The molecule has 2 saturated heterocycles. The zero-order chi connectivity index (χ0) is 15.8. The minimum absolute atomic E-state index is 0.288. The highest BCUT2D eigenvalue weighted by Gasteiger charge is 2.28. The van der Waals surface area contributed by atoms with Gasteiger partial charge in [0.15, 0.2) is 0 Å². The molecule has 2 aliphatic heterocycles. The molecule has 2 aromatic heterocycles. The first-order valence-corrected chi connectivity index (χ1v) is 8.26. The summed E-state index contributed by atoms with van der Waals surface area (Å²) in [5.74, 6) is 0.720. The lowest BCUT2D eigenvalue weighted by molar-refractivity contribution is 0.181. The van der Waals surface area contributed by atoms with Crippen molar-refractivity contribution in [2.45, 2.75) is 24.8 Å². The van der Waals surface area contributed by atoms with E-state index in [1.165, 1.54) is 5.69 Å². The van der Waals surface area contributed by atoms with Crippen molar-refractivity contribution in [1.29, 1.82) is 0 Å². The van der Waals surface area contributed by atoms with Crippen molar-refractivity contribution >= 4 is 17.4 Å². The zero-order valence-corrected chi connectivity index (χ0v) is 13.5. The normalized spacial score (nSPS) is 24.4. The molecule has 0 bridgehead atoms. The number of anilines is 1. The lowest BCUT2D eigenvalue weighted by atomic mass is 10.0. The van der Waals surface area contributed by atoms with Crippen molar-refractivity contribution in [2.75, 3.05) is 32.2 Å². The Kier molecular flexibility index (Phi) is 3.97. The molecule has 122 valence electrons. The van der Waals surface area contributed by atoms with Crippen molar-refractivity contribution in [1.82, 2.24) is 14.8 Å². The molecule has 4 heterocycles. The summed E-state index contributed by atoms with van der Waals surface area (Å²) in [5, 5.41) is 5.27. The smallest absolute Gasteiger partial charge is 0.142 e. The number of rotatable bonds is 3. The fourth-order valence-electron chi connectivity index (χ4n) is 3.22. The average molecular weight is 335 g/mol. The number of ether oxygens (including phenoxy) is 2. The number of hydrogen-bond acceptors (Lipinski definition) is 5. The Morgan fingerprint density at radius 1 is 1.17 bits per heavy atom. The summed E-state index contributed by atoms with van der Waals surface area (Å²) in [6.45, 7) is 3.05. The largest absolute Gasteiger partial charge is 0.382 e. The summed E-state index contributed by atoms with van der Waals surface area (Å²) in [5.41, 5.74) is 8.65. The van der Waals surface area contributed by atoms with Gasteiger partial charge in [0.25, 0.3) is 0 Å². The standard InChI is InChI=1S/C16H19ClN4O2/c17-13-5-11(7-19-16(13)18)14-6-15(10-1-3-22-8-10)21(20-14)12-2-4-23-9-12/h5-7,10,12H,1-4,8-9H2,(H2,18,19). The second-order valence-electron chi connectivity index (χ2n) is 6.07. The Hall–Kier alpha value is -1.63. The predicted octanol–water partition coefficient (Wildman–Crippen LogP) is 2.65. The molecule has 2 fully saturated rings. The molecule has 0 saturated carbocycles. The minimum atomic E-state index is 0.288. The molecular weight excluding hydrogens is 316 g/mol. The second kappa shape index (κ2) is 6.11. The van der Waals surface area contributed by atoms with Crippen LogP contribution in [0.3, 0.4) is 0 Å². The Morgan fingerprint density at radius 2 is 2.00 bits per heavy atom. The molecule has 2 aromatic rings. The second-order valence-corrected chi connectivity index (χ2v) is 6.48. The van der Waals surface area contributed by atoms with Crippen molar-refractivity contribution in [2.24, 2.45) is 0 Å². The molecule has 0 spiro atoms. The monoisotopic (exact) mass is 334 g/mol. The number of aromatic nitrogens is 3. The van der Waals surface area contributed by atoms with Crippen molar-refractivity contribution in [3.05, 3.63) is 29.0 Å². The van der Waals surface area contributed by atoms with Gasteiger partial charge in [-0.1, -0.05) is 11.6 Å². The Balaban J connectivity index is 1.75. The molecule has 2 N–H and O–H groups in total. The quantitative estimate of drug-likeness (QED) is 0.934. The third kappa shape index (κ3) is 2.82. The lowest BCUT2D eigenvalue weighted by Crippen LogP contribution is -2.16. The minimum Gasteiger partial charge on any atom is -0.382 e. The third-order valence-electron chi connectivity index (χ3n) is 4.53. The van der Waals surface area contributed by atoms with Gasteiger partial charge in [-0.15, -0.1) is 0 Å². The van der Waals surface area contributed by atoms with Crippen LogP contribution >= 0.6 is 11.6 Å². The lowest BCUT2D eigenvalue weighted by Gasteiger charge is -2.16. The van der Waals surface area contributed by atoms with Gasteiger partial charge in [0.1, 0.15) is 5.82 Å². The highest BCUT2D eigenvalue weighted by atomic mass is 35.5. The molecule has 7 heteroatoms. The Morgan fingerprint density at radius 3 is 2.70 bits per heavy atom. The summed E-state index contributed by atoms with van der Waals surface area (Å²) in [4.78, 5) is 4.14. The van der Waals surface area contributed by atoms with Crippen LogP contribution in [0.4, 0.5) is 5.82 Å². The van der Waals surface area contributed by atoms with E-state index in [1.54, 1.807) is 6.20 Å². The van der Waals surface area contributed by atoms with Gasteiger partial charge in [-0.25, -0.2) is 4.98 Å². The SMILES string of the molecule is Nc1ncc(-c2cc(C3CCOC3)n(C3CCOC3)n2)cc1Cl. The molecule has 2 atom stereocenters. The molecule has 2 aliphatic rings. The van der Waals surface area contributed by atoms with E-state index in [0.717, 1.165) is 43.9 Å². The van der Waals surface area contributed by atoms with Crippen LogP contribution in [0.1, 0.15) is 30.5 Å². The molecular formula is C16H19ClN4O2. The maximum Gasteiger partial charge on any atom is 0.142 e. The van der Waals surface area contributed by atoms with Crippen LogP contribution in [0, 0.1) is 0 Å². The van der Waals surface area contributed by atoms with E-state index in [2.05, 4.69) is 15.7 Å². The number of hydrogen-bond donors (Lipinski definition) is 1. The van der Waals surface area contributed by atoms with E-state index in [4.69, 9.17) is 31.9 Å². The van der Waals surface area contributed by atoms with Crippen LogP contribution in [0.5, 0.6) is 0 Å². The first-order chi connectivity index (χ1) is 11.2. The average Bonchev–Trinajstić information content (AvgIpc) is 3.30. The van der Waals surface area contributed by atoms with Crippen molar-refractivity contribution in [3.63, 3.8) is 0 Å². The van der Waals surface area contributed by atoms with E-state index in [-0.39, 0.29) is 6.04 Å². The Labute approximate surface area is 139 Å². The molecule has 2 unspecified atom stereocenters. The van der Waals surface area contributed by atoms with E-state index < -0.39 is 0 Å². The first-order valence-electron chi connectivity index (χ1n) is 7.88. The van der Waals surface area contributed by atoms with Crippen LogP contribution in [0.15, 0.2) is 18.3 Å². The van der Waals surface area contributed by atoms with E-state index in [1.807, 2.05) is 6.07 Å². The summed E-state index contributed by atoms with van der Waals surface area (Å²) >= 11 is 6.10. The number of nitrogens with zero attached hydrogens (tertiary/aromatic N) is 3. The zero-order valence-electron chi connectivity index (χ0n) is 12.7. The first kappa shape index (κ1) is 14.9. The van der Waals surface area contributed by atoms with Gasteiger partial charge in [0.05, 0.1) is 30.0 Å². The van der Waals surface area contributed by atoms with E-state index in [0.29, 0.717) is 23.4 Å². The van der Waals surface area contributed by atoms with Gasteiger partial charge in [-0.3, -0.25) is 4.68 Å². The molecule has 0 amide bonds. The van der Waals surface area contributed by atoms with E-state index in [9.17, 15) is 0 Å². The van der Waals surface area contributed by atoms with Gasteiger partial charge < -0.3 is 15.2 Å². The van der Waals surface area contributed by atoms with Crippen LogP contribution < -0.4 is 5.73 Å². The van der Waals surface area contributed by atoms with Gasteiger partial charge in [0, 0.05) is 36.6 Å². The fraction of sp³-hybridized carbons (Fsp3) is 0.500. The summed E-state index contributed by atoms with van der Waals surface area (Å²) in [6.07, 6.45) is 3.73. The van der Waals surface area contributed by atoms with Gasteiger partial charge >= 0.3 is 0 Å². The van der Waals surface area contributed by atoms with Crippen LogP contribution in [-0.4, -0.2) is 41.2 Å². The number of halogens is 1. The molecule has 0 aromatic carbocycles. The fourth-order valence-corrected chi connectivity index (χ4v) is 3.38. The van der Waals surface area contributed by atoms with Crippen LogP contribution in [0.25, 0.3) is 11.3 Å². The van der Waals surface area contributed by atoms with E-state index >= 15 is 0 Å². The number of nitrogen functional groups attached to an aromatic ring is 1. The van der Waals surface area contributed by atoms with Crippen LogP contribution in [-0.2, 0) is 9.47 Å². The highest BCUT2D eigenvalue weighted by Crippen LogP contribution is 2.33. The van der Waals surface area contributed by atoms with Crippen molar-refractivity contribution in [3.8, 4) is 11.3 Å².